The van der Waals surface area contributed by atoms with Crippen LogP contribution in [0.15, 0.2) is 34.2 Å². The van der Waals surface area contributed by atoms with Gasteiger partial charge in [-0.05, 0) is 48.8 Å². The van der Waals surface area contributed by atoms with Crippen LogP contribution in [0.3, 0.4) is 0 Å². The van der Waals surface area contributed by atoms with Crippen molar-refractivity contribution in [2.45, 2.75) is 56.9 Å². The summed E-state index contributed by atoms with van der Waals surface area (Å²) in [5.41, 5.74) is 1.29. The first-order valence-corrected chi connectivity index (χ1v) is 12.0. The lowest BCUT2D eigenvalue weighted by atomic mass is 10.0. The first-order valence-electron chi connectivity index (χ1n) is 10.9. The number of hydrogen-bond donors (Lipinski definition) is 0. The second-order valence-corrected chi connectivity index (χ2v) is 10.3. The molecule has 0 aromatic heterocycles. The van der Waals surface area contributed by atoms with Crippen LogP contribution in [0, 0.1) is 5.92 Å². The normalized spacial score (nSPS) is 27.5. The molecular formula is C22H34N4OS. The van der Waals surface area contributed by atoms with Crippen LogP contribution in [0.5, 0.6) is 0 Å². The number of guanidine groups is 1. The molecule has 2 fully saturated rings. The van der Waals surface area contributed by atoms with Crippen LogP contribution in [0.1, 0.15) is 51.5 Å². The zero-order valence-corrected chi connectivity index (χ0v) is 18.3. The van der Waals surface area contributed by atoms with Gasteiger partial charge in [-0.2, -0.15) is 0 Å². The Morgan fingerprint density at radius 2 is 1.75 bits per heavy atom. The molecule has 0 radical (unpaired) electrons. The molecule has 3 unspecified atom stereocenters. The van der Waals surface area contributed by atoms with Crippen molar-refractivity contribution in [3.05, 3.63) is 29.8 Å². The van der Waals surface area contributed by atoms with Gasteiger partial charge < -0.3 is 4.90 Å². The largest absolute Gasteiger partial charge is 0.339 e. The van der Waals surface area contributed by atoms with Crippen molar-refractivity contribution in [1.29, 1.82) is 0 Å². The van der Waals surface area contributed by atoms with Crippen LogP contribution in [0.4, 0.5) is 0 Å². The van der Waals surface area contributed by atoms with Crippen LogP contribution in [0.25, 0.3) is 0 Å². The van der Waals surface area contributed by atoms with E-state index in [1.165, 1.54) is 24.8 Å². The van der Waals surface area contributed by atoms with Gasteiger partial charge in [0.15, 0.2) is 11.0 Å². The average Bonchev–Trinajstić information content (AvgIpc) is 3.37. The second kappa shape index (κ2) is 8.54. The molecule has 0 amide bonds. The topological polar surface area (TPSA) is 39.1 Å². The summed E-state index contributed by atoms with van der Waals surface area (Å²) in [7, 11) is -1.18. The van der Waals surface area contributed by atoms with Gasteiger partial charge in [-0.1, -0.05) is 32.9 Å². The summed E-state index contributed by atoms with van der Waals surface area (Å²) in [6.45, 7) is 12.4. The number of hydrogen-bond acceptors (Lipinski definition) is 4. The predicted octanol–water partition coefficient (Wildman–Crippen LogP) is 3.31. The number of benzene rings is 1. The first-order chi connectivity index (χ1) is 13.5. The molecule has 2 heterocycles. The fraction of sp³-hybridized carbons (Fsp3) is 0.682. The van der Waals surface area contributed by atoms with E-state index in [2.05, 4.69) is 42.7 Å². The highest BCUT2D eigenvalue weighted by Crippen LogP contribution is 2.29. The summed E-state index contributed by atoms with van der Waals surface area (Å²) in [5.74, 6) is 2.30. The Labute approximate surface area is 172 Å². The Morgan fingerprint density at radius 3 is 2.36 bits per heavy atom. The van der Waals surface area contributed by atoms with Gasteiger partial charge in [0.1, 0.15) is 0 Å². The van der Waals surface area contributed by atoms with Crippen molar-refractivity contribution in [2.24, 2.45) is 10.9 Å². The van der Waals surface area contributed by atoms with E-state index in [0.717, 1.165) is 62.1 Å². The standard InChI is InChI=1S/C22H34N4OS/c1-17(2)19-5-8-21(9-6-19)28(27)26-11-10-23-22(26)25-14-12-24(13-15-25)20-7-4-18(3)16-20/h5-6,8-9,17-18,20H,4,7,10-16H2,1-3H3. The van der Waals surface area contributed by atoms with E-state index >= 15 is 0 Å². The molecule has 0 spiro atoms. The van der Waals surface area contributed by atoms with E-state index in [0.29, 0.717) is 5.92 Å². The predicted molar refractivity (Wildman–Crippen MR) is 116 cm³/mol. The lowest BCUT2D eigenvalue weighted by Crippen LogP contribution is -2.54. The van der Waals surface area contributed by atoms with Gasteiger partial charge in [-0.25, -0.2) is 4.21 Å². The number of aliphatic imine (C=N–C) groups is 1. The third-order valence-corrected chi connectivity index (χ3v) is 7.93. The molecule has 0 N–H and O–H groups in total. The third-order valence-electron chi connectivity index (χ3n) is 6.51. The third kappa shape index (κ3) is 4.13. The van der Waals surface area contributed by atoms with Crippen LogP contribution < -0.4 is 0 Å². The summed E-state index contributed by atoms with van der Waals surface area (Å²) < 4.78 is 15.2. The van der Waals surface area contributed by atoms with E-state index < -0.39 is 11.0 Å². The molecule has 4 rings (SSSR count). The van der Waals surface area contributed by atoms with E-state index in [9.17, 15) is 4.21 Å². The van der Waals surface area contributed by atoms with E-state index in [1.54, 1.807) is 0 Å². The minimum absolute atomic E-state index is 0.491. The summed E-state index contributed by atoms with van der Waals surface area (Å²) in [4.78, 5) is 10.6. The summed E-state index contributed by atoms with van der Waals surface area (Å²) in [6, 6.07) is 9.01. The highest BCUT2D eigenvalue weighted by molar-refractivity contribution is 7.83. The highest BCUT2D eigenvalue weighted by atomic mass is 32.2. The number of rotatable bonds is 4. The molecule has 1 saturated carbocycles. The van der Waals surface area contributed by atoms with Crippen molar-refractivity contribution < 1.29 is 4.21 Å². The molecule has 1 aromatic carbocycles. The van der Waals surface area contributed by atoms with Crippen LogP contribution in [0.2, 0.25) is 0 Å². The maximum Gasteiger partial charge on any atom is 0.209 e. The second-order valence-electron chi connectivity index (χ2n) is 8.85. The van der Waals surface area contributed by atoms with E-state index in [4.69, 9.17) is 4.99 Å². The molecular weight excluding hydrogens is 368 g/mol. The van der Waals surface area contributed by atoms with Gasteiger partial charge in [-0.15, -0.1) is 0 Å². The van der Waals surface area contributed by atoms with Crippen LogP contribution in [-0.4, -0.2) is 69.6 Å². The van der Waals surface area contributed by atoms with Gasteiger partial charge in [0.05, 0.1) is 18.0 Å². The molecule has 5 nitrogen and oxygen atoms in total. The number of nitrogens with zero attached hydrogens (tertiary/aromatic N) is 4. The Hall–Kier alpha value is -1.40. The quantitative estimate of drug-likeness (QED) is 0.776. The minimum Gasteiger partial charge on any atom is -0.339 e. The van der Waals surface area contributed by atoms with Crippen molar-refractivity contribution in [3.63, 3.8) is 0 Å². The van der Waals surface area contributed by atoms with Gasteiger partial charge in [0.25, 0.3) is 0 Å². The van der Waals surface area contributed by atoms with E-state index in [-0.39, 0.29) is 0 Å². The Morgan fingerprint density at radius 1 is 1.04 bits per heavy atom. The van der Waals surface area contributed by atoms with Gasteiger partial charge >= 0.3 is 0 Å². The first kappa shape index (κ1) is 19.9. The molecule has 1 saturated heterocycles. The van der Waals surface area contributed by atoms with Gasteiger partial charge in [-0.3, -0.25) is 14.2 Å². The lowest BCUT2D eigenvalue weighted by molar-refractivity contribution is 0.128. The van der Waals surface area contributed by atoms with Crippen molar-refractivity contribution in [3.8, 4) is 0 Å². The zero-order chi connectivity index (χ0) is 19.7. The molecule has 6 heteroatoms. The molecule has 0 bridgehead atoms. The van der Waals surface area contributed by atoms with E-state index in [1.807, 2.05) is 16.4 Å². The van der Waals surface area contributed by atoms with Gasteiger partial charge in [0, 0.05) is 32.2 Å². The van der Waals surface area contributed by atoms with Crippen LogP contribution >= 0.6 is 0 Å². The maximum atomic E-state index is 13.2. The molecule has 3 aliphatic rings. The highest BCUT2D eigenvalue weighted by Gasteiger charge is 2.33. The Balaban J connectivity index is 1.38. The number of piperazine rings is 1. The van der Waals surface area contributed by atoms with Crippen molar-refractivity contribution >= 4 is 16.9 Å². The zero-order valence-electron chi connectivity index (χ0n) is 17.5. The monoisotopic (exact) mass is 402 g/mol. The molecule has 2 aliphatic heterocycles. The van der Waals surface area contributed by atoms with Gasteiger partial charge in [0.2, 0.25) is 5.96 Å². The molecule has 1 aliphatic carbocycles. The minimum atomic E-state index is -1.18. The summed E-state index contributed by atoms with van der Waals surface area (Å²) in [6.07, 6.45) is 4.08. The SMILES string of the molecule is CC1CCC(N2CCN(C3=NCCN3S(=O)c3ccc(C(C)C)cc3)CC2)C1. The lowest BCUT2D eigenvalue weighted by Gasteiger charge is -2.40. The molecule has 3 atom stereocenters. The molecule has 1 aromatic rings. The summed E-state index contributed by atoms with van der Waals surface area (Å²) >= 11 is 0. The Bertz CT molecular complexity index is 725. The Kier molecular flexibility index (Phi) is 6.07. The maximum absolute atomic E-state index is 13.2. The average molecular weight is 403 g/mol. The van der Waals surface area contributed by atoms with Crippen molar-refractivity contribution in [2.75, 3.05) is 39.3 Å². The summed E-state index contributed by atoms with van der Waals surface area (Å²) in [5, 5.41) is 0. The fourth-order valence-corrected chi connectivity index (χ4v) is 5.92. The molecule has 154 valence electrons. The fourth-order valence-electron chi connectivity index (χ4n) is 4.73. The van der Waals surface area contributed by atoms with Crippen molar-refractivity contribution in [1.82, 2.24) is 14.1 Å². The van der Waals surface area contributed by atoms with Crippen LogP contribution in [-0.2, 0) is 11.0 Å². The molecule has 28 heavy (non-hydrogen) atoms. The smallest absolute Gasteiger partial charge is 0.209 e.